The molecule has 0 fully saturated rings. The van der Waals surface area contributed by atoms with Crippen LogP contribution >= 0.6 is 0 Å². The van der Waals surface area contributed by atoms with Crippen LogP contribution in [0.25, 0.3) is 10.9 Å². The van der Waals surface area contributed by atoms with E-state index in [0.29, 0.717) is 11.2 Å². The molecule has 0 spiro atoms. The Bertz CT molecular complexity index is 641. The van der Waals surface area contributed by atoms with Gasteiger partial charge in [-0.15, -0.1) is 0 Å². The second-order valence-corrected chi connectivity index (χ2v) is 4.95. The largest absolute Gasteiger partial charge is 0.398 e. The minimum Gasteiger partial charge on any atom is -0.398 e. The van der Waals surface area contributed by atoms with Crippen LogP contribution in [0.4, 0.5) is 5.69 Å². The van der Waals surface area contributed by atoms with E-state index in [1.807, 2.05) is 18.2 Å². The minimum absolute atomic E-state index is 0.0727. The molecule has 1 amide bonds. The summed E-state index contributed by atoms with van der Waals surface area (Å²) in [5.74, 6) is -0.448. The van der Waals surface area contributed by atoms with Crippen LogP contribution in [0.5, 0.6) is 0 Å². The SMILES string of the molecule is CC(O)(CO)CNC(=O)c1cc(N)c2ccccc2n1. The molecule has 0 bridgehead atoms. The molecule has 1 atom stereocenters. The van der Waals surface area contributed by atoms with Gasteiger partial charge in [0.25, 0.3) is 5.91 Å². The number of benzene rings is 1. The first-order valence-corrected chi connectivity index (χ1v) is 6.20. The highest BCUT2D eigenvalue weighted by Crippen LogP contribution is 2.19. The number of rotatable bonds is 4. The van der Waals surface area contributed by atoms with Crippen LogP contribution in [0.15, 0.2) is 30.3 Å². The fourth-order valence-corrected chi connectivity index (χ4v) is 1.74. The number of aliphatic hydroxyl groups is 2. The maximum Gasteiger partial charge on any atom is 0.270 e. The molecule has 0 aliphatic heterocycles. The molecular formula is C14H17N3O3. The molecule has 0 saturated carbocycles. The number of hydrogen-bond donors (Lipinski definition) is 4. The molecule has 2 rings (SSSR count). The molecule has 2 aromatic rings. The van der Waals surface area contributed by atoms with Gasteiger partial charge in [0.05, 0.1) is 12.1 Å². The lowest BCUT2D eigenvalue weighted by Crippen LogP contribution is -2.43. The molecule has 5 N–H and O–H groups in total. The van der Waals surface area contributed by atoms with Crippen LogP contribution in [-0.4, -0.2) is 39.9 Å². The molecule has 6 nitrogen and oxygen atoms in total. The first-order valence-electron chi connectivity index (χ1n) is 6.20. The summed E-state index contributed by atoms with van der Waals surface area (Å²) in [6.07, 6.45) is 0. The van der Waals surface area contributed by atoms with Gasteiger partial charge in [-0.25, -0.2) is 4.98 Å². The van der Waals surface area contributed by atoms with E-state index in [1.165, 1.54) is 13.0 Å². The van der Waals surface area contributed by atoms with Crippen molar-refractivity contribution in [1.29, 1.82) is 0 Å². The summed E-state index contributed by atoms with van der Waals surface area (Å²) in [5, 5.41) is 21.9. The number of anilines is 1. The van der Waals surface area contributed by atoms with Crippen LogP contribution in [-0.2, 0) is 0 Å². The predicted octanol–water partition coefficient (Wildman–Crippen LogP) is 0.290. The predicted molar refractivity (Wildman–Crippen MR) is 76.2 cm³/mol. The Morgan fingerprint density at radius 1 is 1.45 bits per heavy atom. The Morgan fingerprint density at radius 3 is 2.85 bits per heavy atom. The van der Waals surface area contributed by atoms with Crippen LogP contribution < -0.4 is 11.1 Å². The number of nitrogen functional groups attached to an aromatic ring is 1. The molecular weight excluding hydrogens is 258 g/mol. The Balaban J connectivity index is 2.23. The number of amides is 1. The van der Waals surface area contributed by atoms with E-state index in [9.17, 15) is 9.90 Å². The molecule has 0 radical (unpaired) electrons. The molecule has 6 heteroatoms. The minimum atomic E-state index is -1.36. The van der Waals surface area contributed by atoms with Gasteiger partial charge < -0.3 is 21.3 Å². The van der Waals surface area contributed by atoms with E-state index in [-0.39, 0.29) is 12.2 Å². The highest BCUT2D eigenvalue weighted by molar-refractivity contribution is 5.99. The van der Waals surface area contributed by atoms with Crippen molar-refractivity contribution in [3.63, 3.8) is 0 Å². The Labute approximate surface area is 116 Å². The van der Waals surface area contributed by atoms with Crippen molar-refractivity contribution < 1.29 is 15.0 Å². The summed E-state index contributed by atoms with van der Waals surface area (Å²) in [6.45, 7) is 0.909. The summed E-state index contributed by atoms with van der Waals surface area (Å²) < 4.78 is 0. The molecule has 0 aliphatic carbocycles. The van der Waals surface area contributed by atoms with Crippen LogP contribution in [0.1, 0.15) is 17.4 Å². The maximum atomic E-state index is 12.0. The first-order chi connectivity index (χ1) is 9.43. The van der Waals surface area contributed by atoms with E-state index in [4.69, 9.17) is 10.8 Å². The highest BCUT2D eigenvalue weighted by Gasteiger charge is 2.20. The molecule has 1 aromatic carbocycles. The number of aliphatic hydroxyl groups excluding tert-OH is 1. The van der Waals surface area contributed by atoms with Gasteiger partial charge in [0, 0.05) is 17.6 Å². The maximum absolute atomic E-state index is 12.0. The van der Waals surface area contributed by atoms with Gasteiger partial charge in [-0.05, 0) is 19.1 Å². The zero-order valence-electron chi connectivity index (χ0n) is 11.1. The van der Waals surface area contributed by atoms with Crippen molar-refractivity contribution in [2.45, 2.75) is 12.5 Å². The average molecular weight is 275 g/mol. The molecule has 0 saturated heterocycles. The number of fused-ring (bicyclic) bond motifs is 1. The van der Waals surface area contributed by atoms with Crippen molar-refractivity contribution in [1.82, 2.24) is 10.3 Å². The average Bonchev–Trinajstić information content (AvgIpc) is 2.45. The molecule has 106 valence electrons. The van der Waals surface area contributed by atoms with Crippen molar-refractivity contribution in [2.75, 3.05) is 18.9 Å². The third-order valence-corrected chi connectivity index (χ3v) is 2.95. The van der Waals surface area contributed by atoms with Gasteiger partial charge in [-0.3, -0.25) is 4.79 Å². The number of nitrogens with one attached hydrogen (secondary N) is 1. The van der Waals surface area contributed by atoms with Gasteiger partial charge >= 0.3 is 0 Å². The number of hydrogen-bond acceptors (Lipinski definition) is 5. The molecule has 1 unspecified atom stereocenters. The quantitative estimate of drug-likeness (QED) is 0.641. The lowest BCUT2D eigenvalue weighted by Gasteiger charge is -2.20. The number of nitrogens with zero attached hydrogens (tertiary/aromatic N) is 1. The summed E-state index contributed by atoms with van der Waals surface area (Å²) in [7, 11) is 0. The smallest absolute Gasteiger partial charge is 0.270 e. The van der Waals surface area contributed by atoms with Crippen LogP contribution in [0.3, 0.4) is 0 Å². The van der Waals surface area contributed by atoms with E-state index >= 15 is 0 Å². The summed E-state index contributed by atoms with van der Waals surface area (Å²) in [5.41, 5.74) is 5.80. The third kappa shape index (κ3) is 3.04. The van der Waals surface area contributed by atoms with Crippen molar-refractivity contribution >= 4 is 22.5 Å². The van der Waals surface area contributed by atoms with E-state index in [2.05, 4.69) is 10.3 Å². The normalized spacial score (nSPS) is 13.9. The van der Waals surface area contributed by atoms with E-state index in [1.54, 1.807) is 6.07 Å². The topological polar surface area (TPSA) is 108 Å². The molecule has 20 heavy (non-hydrogen) atoms. The Hall–Kier alpha value is -2.18. The zero-order chi connectivity index (χ0) is 14.8. The van der Waals surface area contributed by atoms with Gasteiger partial charge in [-0.2, -0.15) is 0 Å². The van der Waals surface area contributed by atoms with Crippen LogP contribution in [0.2, 0.25) is 0 Å². The van der Waals surface area contributed by atoms with E-state index < -0.39 is 18.1 Å². The standard InChI is InChI=1S/C14H17N3O3/c1-14(20,8-18)7-16-13(19)12-6-10(15)9-4-2-3-5-11(9)17-12/h2-6,18,20H,7-8H2,1H3,(H2,15,17)(H,16,19). The summed E-state index contributed by atoms with van der Waals surface area (Å²) in [4.78, 5) is 16.2. The number of aromatic nitrogens is 1. The molecule has 1 aromatic heterocycles. The highest BCUT2D eigenvalue weighted by atomic mass is 16.3. The number of nitrogens with two attached hydrogens (primary N) is 1. The lowest BCUT2D eigenvalue weighted by atomic mass is 10.1. The number of pyridine rings is 1. The summed E-state index contributed by atoms with van der Waals surface area (Å²) in [6, 6.07) is 8.75. The number of carbonyl (C=O) groups is 1. The molecule has 0 aliphatic rings. The van der Waals surface area contributed by atoms with Crippen molar-refractivity contribution in [2.24, 2.45) is 0 Å². The first kappa shape index (κ1) is 14.2. The third-order valence-electron chi connectivity index (χ3n) is 2.95. The number of para-hydroxylation sites is 1. The second-order valence-electron chi connectivity index (χ2n) is 4.95. The fraction of sp³-hybridized carbons (Fsp3) is 0.286. The van der Waals surface area contributed by atoms with Crippen molar-refractivity contribution in [3.8, 4) is 0 Å². The number of carbonyl (C=O) groups excluding carboxylic acids is 1. The van der Waals surface area contributed by atoms with E-state index in [0.717, 1.165) is 5.39 Å². The zero-order valence-corrected chi connectivity index (χ0v) is 11.1. The Morgan fingerprint density at radius 2 is 2.15 bits per heavy atom. The van der Waals surface area contributed by atoms with Gasteiger partial charge in [0.1, 0.15) is 11.3 Å². The summed E-state index contributed by atoms with van der Waals surface area (Å²) >= 11 is 0. The monoisotopic (exact) mass is 275 g/mol. The fourth-order valence-electron chi connectivity index (χ4n) is 1.74. The van der Waals surface area contributed by atoms with Gasteiger partial charge in [0.2, 0.25) is 0 Å². The van der Waals surface area contributed by atoms with Gasteiger partial charge in [-0.1, -0.05) is 18.2 Å². The van der Waals surface area contributed by atoms with Crippen molar-refractivity contribution in [3.05, 3.63) is 36.0 Å². The van der Waals surface area contributed by atoms with Crippen LogP contribution in [0, 0.1) is 0 Å². The van der Waals surface area contributed by atoms with Gasteiger partial charge in [0.15, 0.2) is 0 Å². The molecule has 1 heterocycles. The second kappa shape index (κ2) is 5.44. The Kier molecular flexibility index (Phi) is 3.87. The lowest BCUT2D eigenvalue weighted by molar-refractivity contribution is 0.00316.